The smallest absolute Gasteiger partial charge is 0.337 e. The molecule has 1 amide bonds. The fraction of sp³-hybridized carbons (Fsp3) is 0.150. The summed E-state index contributed by atoms with van der Waals surface area (Å²) in [5.74, 6) is -0.506. The molecule has 6 heteroatoms. The van der Waals surface area contributed by atoms with E-state index in [1.807, 2.05) is 24.3 Å². The van der Waals surface area contributed by atoms with Crippen LogP contribution >= 0.6 is 0 Å². The lowest BCUT2D eigenvalue weighted by Gasteiger charge is -2.07. The van der Waals surface area contributed by atoms with Crippen LogP contribution in [0.1, 0.15) is 21.6 Å². The van der Waals surface area contributed by atoms with Gasteiger partial charge < -0.3 is 15.8 Å². The lowest BCUT2D eigenvalue weighted by Crippen LogP contribution is -2.24. The minimum absolute atomic E-state index is 0.121. The molecule has 132 valence electrons. The highest BCUT2D eigenvalue weighted by Gasteiger charge is 2.07. The van der Waals surface area contributed by atoms with Gasteiger partial charge in [-0.2, -0.15) is 0 Å². The van der Waals surface area contributed by atoms with Crippen LogP contribution in [-0.2, 0) is 22.5 Å². The molecule has 1 aromatic heterocycles. The number of aromatic nitrogens is 1. The molecule has 0 spiro atoms. The maximum absolute atomic E-state index is 12.2. The molecule has 1 heterocycles. The number of nitrogens with one attached hydrogen (secondary N) is 1. The number of amides is 1. The Morgan fingerprint density at radius 2 is 1.85 bits per heavy atom. The minimum Gasteiger partial charge on any atom is -0.465 e. The van der Waals surface area contributed by atoms with Crippen molar-refractivity contribution in [3.05, 3.63) is 71.4 Å². The van der Waals surface area contributed by atoms with E-state index in [2.05, 4.69) is 15.0 Å². The first-order chi connectivity index (χ1) is 12.5. The van der Waals surface area contributed by atoms with Crippen molar-refractivity contribution in [1.82, 2.24) is 10.3 Å². The van der Waals surface area contributed by atoms with E-state index in [9.17, 15) is 9.59 Å². The van der Waals surface area contributed by atoms with Crippen LogP contribution < -0.4 is 11.1 Å². The fourth-order valence-corrected chi connectivity index (χ4v) is 2.59. The Kier molecular flexibility index (Phi) is 5.12. The second kappa shape index (κ2) is 7.65. The largest absolute Gasteiger partial charge is 0.465 e. The van der Waals surface area contributed by atoms with Gasteiger partial charge in [0.1, 0.15) is 0 Å². The van der Waals surface area contributed by atoms with Crippen molar-refractivity contribution in [2.75, 3.05) is 12.8 Å². The van der Waals surface area contributed by atoms with Gasteiger partial charge in [-0.3, -0.25) is 9.78 Å². The predicted molar refractivity (Wildman–Crippen MR) is 99.5 cm³/mol. The molecule has 0 atom stereocenters. The molecule has 3 N–H and O–H groups in total. The number of hydrogen-bond acceptors (Lipinski definition) is 5. The molecule has 0 aliphatic rings. The van der Waals surface area contributed by atoms with E-state index in [-0.39, 0.29) is 18.3 Å². The number of nitrogen functional groups attached to an aromatic ring is 1. The zero-order chi connectivity index (χ0) is 18.5. The van der Waals surface area contributed by atoms with Crippen molar-refractivity contribution in [1.29, 1.82) is 0 Å². The molecule has 0 fully saturated rings. The SMILES string of the molecule is COC(=O)c1ccc(CNC(=O)Cc2ccc3cc(N)ccc3n2)cc1. The Morgan fingerprint density at radius 3 is 2.58 bits per heavy atom. The Balaban J connectivity index is 1.58. The summed E-state index contributed by atoms with van der Waals surface area (Å²) < 4.78 is 4.66. The van der Waals surface area contributed by atoms with Crippen molar-refractivity contribution < 1.29 is 14.3 Å². The molecule has 0 aliphatic heterocycles. The van der Waals surface area contributed by atoms with Gasteiger partial charge in [-0.25, -0.2) is 4.79 Å². The Labute approximate surface area is 151 Å². The maximum atomic E-state index is 12.2. The molecule has 2 aromatic carbocycles. The number of hydrogen-bond donors (Lipinski definition) is 2. The molecule has 6 nitrogen and oxygen atoms in total. The van der Waals surface area contributed by atoms with Gasteiger partial charge in [-0.05, 0) is 42.0 Å². The lowest BCUT2D eigenvalue weighted by molar-refractivity contribution is -0.120. The van der Waals surface area contributed by atoms with Crippen LogP contribution in [0.2, 0.25) is 0 Å². The number of methoxy groups -OCH3 is 1. The van der Waals surface area contributed by atoms with Crippen LogP contribution in [0.4, 0.5) is 5.69 Å². The van der Waals surface area contributed by atoms with E-state index >= 15 is 0 Å². The number of nitrogens with zero attached hydrogens (tertiary/aromatic N) is 1. The van der Waals surface area contributed by atoms with Gasteiger partial charge in [0, 0.05) is 17.6 Å². The molecule has 0 saturated heterocycles. The first-order valence-corrected chi connectivity index (χ1v) is 8.14. The zero-order valence-electron chi connectivity index (χ0n) is 14.4. The van der Waals surface area contributed by atoms with Crippen molar-refractivity contribution >= 4 is 28.5 Å². The number of nitrogens with two attached hydrogens (primary N) is 1. The average Bonchev–Trinajstić information content (AvgIpc) is 2.66. The number of pyridine rings is 1. The van der Waals surface area contributed by atoms with Crippen LogP contribution in [0.15, 0.2) is 54.6 Å². The third-order valence-corrected chi connectivity index (χ3v) is 3.98. The second-order valence-corrected chi connectivity index (χ2v) is 5.90. The number of benzene rings is 2. The number of rotatable bonds is 5. The summed E-state index contributed by atoms with van der Waals surface area (Å²) in [5, 5.41) is 3.80. The average molecular weight is 349 g/mol. The highest BCUT2D eigenvalue weighted by atomic mass is 16.5. The Hall–Kier alpha value is -3.41. The van der Waals surface area contributed by atoms with E-state index < -0.39 is 0 Å². The first-order valence-electron chi connectivity index (χ1n) is 8.14. The van der Waals surface area contributed by atoms with Crippen LogP contribution in [0, 0.1) is 0 Å². The summed E-state index contributed by atoms with van der Waals surface area (Å²) in [7, 11) is 1.34. The van der Waals surface area contributed by atoms with E-state index in [0.717, 1.165) is 16.5 Å². The fourth-order valence-electron chi connectivity index (χ4n) is 2.59. The van der Waals surface area contributed by atoms with Gasteiger partial charge in [0.05, 0.1) is 30.3 Å². The monoisotopic (exact) mass is 349 g/mol. The summed E-state index contributed by atoms with van der Waals surface area (Å²) >= 11 is 0. The van der Waals surface area contributed by atoms with Crippen LogP contribution in [0.25, 0.3) is 10.9 Å². The van der Waals surface area contributed by atoms with Crippen LogP contribution in [0.3, 0.4) is 0 Å². The highest BCUT2D eigenvalue weighted by Crippen LogP contribution is 2.16. The van der Waals surface area contributed by atoms with Gasteiger partial charge in [0.2, 0.25) is 5.91 Å². The maximum Gasteiger partial charge on any atom is 0.337 e. The van der Waals surface area contributed by atoms with Gasteiger partial charge in [0.15, 0.2) is 0 Å². The number of ether oxygens (including phenoxy) is 1. The van der Waals surface area contributed by atoms with Crippen LogP contribution in [0.5, 0.6) is 0 Å². The van der Waals surface area contributed by atoms with E-state index in [4.69, 9.17) is 5.73 Å². The van der Waals surface area contributed by atoms with Crippen molar-refractivity contribution in [2.24, 2.45) is 0 Å². The van der Waals surface area contributed by atoms with E-state index in [1.54, 1.807) is 30.3 Å². The number of esters is 1. The van der Waals surface area contributed by atoms with E-state index in [0.29, 0.717) is 23.5 Å². The Morgan fingerprint density at radius 1 is 1.08 bits per heavy atom. The summed E-state index contributed by atoms with van der Waals surface area (Å²) in [6.07, 6.45) is 0.195. The normalized spacial score (nSPS) is 10.5. The standard InChI is InChI=1S/C20H19N3O3/c1-26-20(25)14-4-2-13(3-5-14)12-22-19(24)11-17-8-6-15-10-16(21)7-9-18(15)23-17/h2-10H,11-12,21H2,1H3,(H,22,24). The molecular formula is C20H19N3O3. The molecule has 3 aromatic rings. The third kappa shape index (κ3) is 4.16. The Bertz CT molecular complexity index is 952. The summed E-state index contributed by atoms with van der Waals surface area (Å²) in [4.78, 5) is 28.0. The van der Waals surface area contributed by atoms with Gasteiger partial charge in [-0.1, -0.05) is 18.2 Å². The number of carbonyl (C=O) groups excluding carboxylic acids is 2. The minimum atomic E-state index is -0.385. The molecule has 3 rings (SSSR count). The number of fused-ring (bicyclic) bond motifs is 1. The predicted octanol–water partition coefficient (Wildman–Crippen LogP) is 2.46. The third-order valence-electron chi connectivity index (χ3n) is 3.98. The number of anilines is 1. The molecule has 0 unspecified atom stereocenters. The topological polar surface area (TPSA) is 94.3 Å². The molecule has 26 heavy (non-hydrogen) atoms. The number of carbonyl (C=O) groups is 2. The molecule has 0 radical (unpaired) electrons. The summed E-state index contributed by atoms with van der Waals surface area (Å²) in [6, 6.07) is 16.1. The second-order valence-electron chi connectivity index (χ2n) is 5.90. The molecular weight excluding hydrogens is 330 g/mol. The van der Waals surface area contributed by atoms with Crippen molar-refractivity contribution in [2.45, 2.75) is 13.0 Å². The molecule has 0 saturated carbocycles. The van der Waals surface area contributed by atoms with Crippen molar-refractivity contribution in [3.8, 4) is 0 Å². The molecule has 0 aliphatic carbocycles. The van der Waals surface area contributed by atoms with E-state index in [1.165, 1.54) is 7.11 Å². The zero-order valence-corrected chi connectivity index (χ0v) is 14.4. The van der Waals surface area contributed by atoms with Crippen molar-refractivity contribution in [3.63, 3.8) is 0 Å². The van der Waals surface area contributed by atoms with Crippen LogP contribution in [-0.4, -0.2) is 24.0 Å². The summed E-state index contributed by atoms with van der Waals surface area (Å²) in [5.41, 5.74) is 9.31. The molecule has 0 bridgehead atoms. The quantitative estimate of drug-likeness (QED) is 0.545. The lowest BCUT2D eigenvalue weighted by atomic mass is 10.1. The first kappa shape index (κ1) is 17.4. The van der Waals surface area contributed by atoms with Gasteiger partial charge in [-0.15, -0.1) is 0 Å². The van der Waals surface area contributed by atoms with Gasteiger partial charge >= 0.3 is 5.97 Å². The van der Waals surface area contributed by atoms with Gasteiger partial charge in [0.25, 0.3) is 0 Å². The summed E-state index contributed by atoms with van der Waals surface area (Å²) in [6.45, 7) is 0.379. The highest BCUT2D eigenvalue weighted by molar-refractivity contribution is 5.89.